The number of para-hydroxylation sites is 1. The summed E-state index contributed by atoms with van der Waals surface area (Å²) in [5.74, 6) is 1.02. The topological polar surface area (TPSA) is 42.2 Å². The number of benzene rings is 5. The molecular formula is C34H29N3O. The van der Waals surface area contributed by atoms with Gasteiger partial charge in [0.15, 0.2) is 0 Å². The number of rotatable bonds is 5. The summed E-state index contributed by atoms with van der Waals surface area (Å²) in [6, 6.07) is 41.9. The van der Waals surface area contributed by atoms with E-state index >= 15 is 0 Å². The molecule has 0 saturated carbocycles. The molecule has 4 nitrogen and oxygen atoms in total. The Morgan fingerprint density at radius 3 is 1.76 bits per heavy atom. The van der Waals surface area contributed by atoms with Crippen LogP contribution < -0.4 is 4.90 Å². The van der Waals surface area contributed by atoms with E-state index in [1.165, 1.54) is 16.3 Å². The van der Waals surface area contributed by atoms with Crippen molar-refractivity contribution in [3.63, 3.8) is 0 Å². The summed E-state index contributed by atoms with van der Waals surface area (Å²) < 4.78 is 6.07. The molecule has 4 heteroatoms. The molecule has 0 radical (unpaired) electrons. The zero-order valence-corrected chi connectivity index (χ0v) is 21.8. The SMILES string of the molecule is CC(C)(C)c1ccc(-c2nnc(-c3ccc(N(c4ccccc4)c4cccc5ccccc45)cc3)o2)cc1. The van der Waals surface area contributed by atoms with Gasteiger partial charge in [-0.1, -0.05) is 87.5 Å². The van der Waals surface area contributed by atoms with Gasteiger partial charge in [-0.25, -0.2) is 0 Å². The summed E-state index contributed by atoms with van der Waals surface area (Å²) in [5, 5.41) is 11.1. The Bertz CT molecular complexity index is 1670. The fraction of sp³-hybridized carbons (Fsp3) is 0.118. The zero-order chi connectivity index (χ0) is 26.1. The van der Waals surface area contributed by atoms with Crippen LogP contribution in [0, 0.1) is 0 Å². The van der Waals surface area contributed by atoms with Crippen molar-refractivity contribution in [3.05, 3.63) is 127 Å². The maximum atomic E-state index is 6.07. The van der Waals surface area contributed by atoms with Gasteiger partial charge in [-0.3, -0.25) is 0 Å². The molecule has 6 rings (SSSR count). The van der Waals surface area contributed by atoms with Gasteiger partial charge < -0.3 is 9.32 Å². The molecule has 0 amide bonds. The van der Waals surface area contributed by atoms with E-state index in [-0.39, 0.29) is 5.41 Å². The lowest BCUT2D eigenvalue weighted by Gasteiger charge is -2.27. The minimum Gasteiger partial charge on any atom is -0.416 e. The van der Waals surface area contributed by atoms with Crippen molar-refractivity contribution in [2.45, 2.75) is 26.2 Å². The zero-order valence-electron chi connectivity index (χ0n) is 21.8. The van der Waals surface area contributed by atoms with Gasteiger partial charge in [-0.2, -0.15) is 0 Å². The van der Waals surface area contributed by atoms with Gasteiger partial charge in [0.2, 0.25) is 11.8 Å². The molecule has 0 spiro atoms. The molecule has 38 heavy (non-hydrogen) atoms. The van der Waals surface area contributed by atoms with Crippen LogP contribution in [0.4, 0.5) is 17.1 Å². The van der Waals surface area contributed by atoms with E-state index in [2.05, 4.69) is 127 Å². The van der Waals surface area contributed by atoms with Gasteiger partial charge in [0.1, 0.15) is 0 Å². The van der Waals surface area contributed by atoms with Gasteiger partial charge in [0.25, 0.3) is 0 Å². The smallest absolute Gasteiger partial charge is 0.248 e. The number of nitrogens with zero attached hydrogens (tertiary/aromatic N) is 3. The van der Waals surface area contributed by atoms with Crippen molar-refractivity contribution in [3.8, 4) is 22.9 Å². The van der Waals surface area contributed by atoms with Crippen molar-refractivity contribution >= 4 is 27.8 Å². The van der Waals surface area contributed by atoms with Crippen LogP contribution in [0.15, 0.2) is 126 Å². The van der Waals surface area contributed by atoms with Crippen LogP contribution in [0.2, 0.25) is 0 Å². The molecule has 0 bridgehead atoms. The number of anilines is 3. The average Bonchev–Trinajstić information content (AvgIpc) is 3.45. The molecule has 1 aromatic heterocycles. The van der Waals surface area contributed by atoms with E-state index in [1.807, 2.05) is 30.3 Å². The van der Waals surface area contributed by atoms with Crippen LogP contribution in [-0.2, 0) is 5.41 Å². The minimum absolute atomic E-state index is 0.0972. The lowest BCUT2D eigenvalue weighted by Crippen LogP contribution is -2.10. The Labute approximate surface area is 223 Å². The third kappa shape index (κ3) is 4.57. The average molecular weight is 496 g/mol. The maximum absolute atomic E-state index is 6.07. The quantitative estimate of drug-likeness (QED) is 0.239. The summed E-state index contributed by atoms with van der Waals surface area (Å²) in [5.41, 5.74) is 6.43. The van der Waals surface area contributed by atoms with E-state index in [0.29, 0.717) is 11.8 Å². The normalized spacial score (nSPS) is 11.6. The van der Waals surface area contributed by atoms with Crippen LogP contribution >= 0.6 is 0 Å². The molecule has 0 atom stereocenters. The van der Waals surface area contributed by atoms with Crippen molar-refractivity contribution < 1.29 is 4.42 Å². The Morgan fingerprint density at radius 2 is 1.11 bits per heavy atom. The van der Waals surface area contributed by atoms with E-state index in [4.69, 9.17) is 4.42 Å². The van der Waals surface area contributed by atoms with E-state index in [0.717, 1.165) is 28.2 Å². The highest BCUT2D eigenvalue weighted by atomic mass is 16.4. The summed E-state index contributed by atoms with van der Waals surface area (Å²) >= 11 is 0. The second-order valence-electron chi connectivity index (χ2n) is 10.5. The number of aromatic nitrogens is 2. The largest absolute Gasteiger partial charge is 0.416 e. The lowest BCUT2D eigenvalue weighted by molar-refractivity contribution is 0.582. The Kier molecular flexibility index (Phi) is 6.01. The third-order valence-corrected chi connectivity index (χ3v) is 6.82. The Hall–Kier alpha value is -4.70. The first-order valence-corrected chi connectivity index (χ1v) is 12.9. The van der Waals surface area contributed by atoms with Crippen LogP contribution in [0.1, 0.15) is 26.3 Å². The van der Waals surface area contributed by atoms with Crippen LogP contribution in [0.5, 0.6) is 0 Å². The van der Waals surface area contributed by atoms with Gasteiger partial charge in [0, 0.05) is 27.9 Å². The molecule has 0 unspecified atom stereocenters. The van der Waals surface area contributed by atoms with Crippen LogP contribution in [-0.4, -0.2) is 10.2 Å². The predicted molar refractivity (Wildman–Crippen MR) is 156 cm³/mol. The molecule has 0 aliphatic rings. The molecule has 5 aromatic carbocycles. The first kappa shape index (κ1) is 23.7. The summed E-state index contributed by atoms with van der Waals surface area (Å²) in [7, 11) is 0. The minimum atomic E-state index is 0.0972. The maximum Gasteiger partial charge on any atom is 0.248 e. The van der Waals surface area contributed by atoms with Crippen molar-refractivity contribution in [1.29, 1.82) is 0 Å². The highest BCUT2D eigenvalue weighted by Crippen LogP contribution is 2.39. The molecule has 0 saturated heterocycles. The molecule has 0 N–H and O–H groups in total. The van der Waals surface area contributed by atoms with Gasteiger partial charge in [-0.15, -0.1) is 10.2 Å². The molecule has 186 valence electrons. The molecule has 0 aliphatic carbocycles. The fourth-order valence-corrected chi connectivity index (χ4v) is 4.73. The lowest BCUT2D eigenvalue weighted by atomic mass is 9.87. The van der Waals surface area contributed by atoms with Crippen molar-refractivity contribution in [1.82, 2.24) is 10.2 Å². The molecular weight excluding hydrogens is 466 g/mol. The van der Waals surface area contributed by atoms with Gasteiger partial charge in [0.05, 0.1) is 5.69 Å². The number of hydrogen-bond donors (Lipinski definition) is 0. The molecule has 6 aromatic rings. The summed E-state index contributed by atoms with van der Waals surface area (Å²) in [6.07, 6.45) is 0. The molecule has 1 heterocycles. The van der Waals surface area contributed by atoms with Crippen molar-refractivity contribution in [2.75, 3.05) is 4.90 Å². The summed E-state index contributed by atoms with van der Waals surface area (Å²) in [4.78, 5) is 2.28. The second kappa shape index (κ2) is 9.64. The summed E-state index contributed by atoms with van der Waals surface area (Å²) in [6.45, 7) is 6.61. The standard InChI is InChI=1S/C34H29N3O/c1-34(2,3)27-20-16-25(17-21-27)32-35-36-33(38-32)26-18-22-29(23-19-26)37(28-12-5-4-6-13-28)31-15-9-11-24-10-7-8-14-30(24)31/h4-23H,1-3H3. The third-order valence-electron chi connectivity index (χ3n) is 6.82. The van der Waals surface area contributed by atoms with Gasteiger partial charge in [-0.05, 0) is 71.0 Å². The van der Waals surface area contributed by atoms with E-state index in [9.17, 15) is 0 Å². The monoisotopic (exact) mass is 495 g/mol. The van der Waals surface area contributed by atoms with E-state index < -0.39 is 0 Å². The first-order chi connectivity index (χ1) is 18.5. The first-order valence-electron chi connectivity index (χ1n) is 12.9. The highest BCUT2D eigenvalue weighted by Gasteiger charge is 2.17. The molecule has 0 aliphatic heterocycles. The van der Waals surface area contributed by atoms with Crippen molar-refractivity contribution in [2.24, 2.45) is 0 Å². The Balaban J connectivity index is 1.34. The number of fused-ring (bicyclic) bond motifs is 1. The fourth-order valence-electron chi connectivity index (χ4n) is 4.73. The van der Waals surface area contributed by atoms with Gasteiger partial charge >= 0.3 is 0 Å². The predicted octanol–water partition coefficient (Wildman–Crippen LogP) is 9.32. The highest BCUT2D eigenvalue weighted by molar-refractivity contribution is 5.98. The van der Waals surface area contributed by atoms with Crippen LogP contribution in [0.25, 0.3) is 33.7 Å². The number of hydrogen-bond acceptors (Lipinski definition) is 4. The Morgan fingerprint density at radius 1 is 0.553 bits per heavy atom. The molecule has 0 fully saturated rings. The second-order valence-corrected chi connectivity index (χ2v) is 10.5. The van der Waals surface area contributed by atoms with Crippen LogP contribution in [0.3, 0.4) is 0 Å². The van der Waals surface area contributed by atoms with E-state index in [1.54, 1.807) is 0 Å².